The van der Waals surface area contributed by atoms with Crippen LogP contribution in [0, 0.1) is 5.41 Å². The highest BCUT2D eigenvalue weighted by molar-refractivity contribution is 5.85. The zero-order valence-corrected chi connectivity index (χ0v) is 13.6. The number of hydrogen-bond acceptors (Lipinski definition) is 3. The number of pyridine rings is 1. The first kappa shape index (κ1) is 16.2. The highest BCUT2D eigenvalue weighted by Crippen LogP contribution is 2.28. The molecule has 1 aromatic carbocycles. The molecule has 1 aliphatic rings. The molecule has 2 aromatic rings. The molecule has 2 heterocycles. The van der Waals surface area contributed by atoms with E-state index in [-0.39, 0.29) is 17.8 Å². The molecule has 114 valence electrons. The van der Waals surface area contributed by atoms with Crippen molar-refractivity contribution in [1.82, 2.24) is 9.88 Å². The average Bonchev–Trinajstić information content (AvgIpc) is 2.42. The average molecular weight is 306 g/mol. The van der Waals surface area contributed by atoms with Crippen LogP contribution in [0.5, 0.6) is 0 Å². The van der Waals surface area contributed by atoms with Crippen LogP contribution in [0.25, 0.3) is 10.9 Å². The van der Waals surface area contributed by atoms with Crippen molar-refractivity contribution in [2.75, 3.05) is 13.1 Å². The van der Waals surface area contributed by atoms with Crippen LogP contribution in [0.1, 0.15) is 25.8 Å². The largest absolute Gasteiger partial charge is 0.327 e. The van der Waals surface area contributed by atoms with Gasteiger partial charge in [0.2, 0.25) is 0 Å². The molecule has 0 spiro atoms. The Kier molecular flexibility index (Phi) is 4.87. The Morgan fingerprint density at radius 1 is 1.33 bits per heavy atom. The minimum atomic E-state index is 0. The van der Waals surface area contributed by atoms with E-state index in [0.29, 0.717) is 6.04 Å². The van der Waals surface area contributed by atoms with Crippen molar-refractivity contribution in [2.24, 2.45) is 11.1 Å². The van der Waals surface area contributed by atoms with Gasteiger partial charge < -0.3 is 5.73 Å². The number of piperidine rings is 1. The van der Waals surface area contributed by atoms with Gasteiger partial charge in [-0.25, -0.2) is 0 Å². The van der Waals surface area contributed by atoms with Crippen LogP contribution < -0.4 is 5.73 Å². The van der Waals surface area contributed by atoms with E-state index in [9.17, 15) is 0 Å². The maximum Gasteiger partial charge on any atom is 0.0702 e. The van der Waals surface area contributed by atoms with E-state index in [2.05, 4.69) is 48.0 Å². The lowest BCUT2D eigenvalue weighted by Crippen LogP contribution is -2.52. The highest BCUT2D eigenvalue weighted by atomic mass is 35.5. The summed E-state index contributed by atoms with van der Waals surface area (Å²) >= 11 is 0. The summed E-state index contributed by atoms with van der Waals surface area (Å²) in [5.74, 6) is 0. The lowest BCUT2D eigenvalue weighted by Gasteiger charge is -2.42. The summed E-state index contributed by atoms with van der Waals surface area (Å²) < 4.78 is 0. The van der Waals surface area contributed by atoms with Gasteiger partial charge in [0.05, 0.1) is 5.52 Å². The Hall–Kier alpha value is -1.16. The van der Waals surface area contributed by atoms with Gasteiger partial charge >= 0.3 is 0 Å². The third kappa shape index (κ3) is 3.54. The predicted octanol–water partition coefficient (Wildman–Crippen LogP) is 3.22. The van der Waals surface area contributed by atoms with E-state index in [1.165, 1.54) is 10.9 Å². The zero-order valence-electron chi connectivity index (χ0n) is 12.7. The first-order valence-corrected chi connectivity index (χ1v) is 7.36. The number of nitrogens with zero attached hydrogens (tertiary/aromatic N) is 2. The first-order valence-electron chi connectivity index (χ1n) is 7.36. The van der Waals surface area contributed by atoms with Crippen molar-refractivity contribution in [3.63, 3.8) is 0 Å². The second-order valence-corrected chi connectivity index (χ2v) is 6.62. The van der Waals surface area contributed by atoms with E-state index in [1.54, 1.807) is 0 Å². The molecule has 0 bridgehead atoms. The molecule has 0 saturated carbocycles. The molecule has 1 aromatic heterocycles. The molecule has 2 N–H and O–H groups in total. The number of hydrogen-bond donors (Lipinski definition) is 1. The minimum absolute atomic E-state index is 0. The number of likely N-dealkylation sites (tertiary alicyclic amines) is 1. The molecule has 4 heteroatoms. The zero-order chi connectivity index (χ0) is 14.2. The smallest absolute Gasteiger partial charge is 0.0702 e. The summed E-state index contributed by atoms with van der Waals surface area (Å²) in [6.45, 7) is 7.71. The van der Waals surface area contributed by atoms with Gasteiger partial charge in [0.25, 0.3) is 0 Å². The van der Waals surface area contributed by atoms with Gasteiger partial charge in [-0.2, -0.15) is 0 Å². The van der Waals surface area contributed by atoms with Crippen LogP contribution in [0.15, 0.2) is 36.5 Å². The van der Waals surface area contributed by atoms with E-state index < -0.39 is 0 Å². The van der Waals surface area contributed by atoms with Crippen molar-refractivity contribution in [2.45, 2.75) is 32.9 Å². The second-order valence-electron chi connectivity index (χ2n) is 6.62. The van der Waals surface area contributed by atoms with Crippen LogP contribution in [0.3, 0.4) is 0 Å². The monoisotopic (exact) mass is 305 g/mol. The quantitative estimate of drug-likeness (QED) is 0.926. The topological polar surface area (TPSA) is 42.2 Å². The molecule has 3 rings (SSSR count). The Labute approximate surface area is 132 Å². The van der Waals surface area contributed by atoms with E-state index in [4.69, 9.17) is 5.73 Å². The lowest BCUT2D eigenvalue weighted by molar-refractivity contribution is 0.0899. The number of fused-ring (bicyclic) bond motifs is 1. The number of benzene rings is 1. The van der Waals surface area contributed by atoms with Crippen molar-refractivity contribution in [3.05, 3.63) is 42.1 Å². The van der Waals surface area contributed by atoms with E-state index in [1.807, 2.05) is 12.3 Å². The summed E-state index contributed by atoms with van der Waals surface area (Å²) in [6.07, 6.45) is 2.93. The molecule has 21 heavy (non-hydrogen) atoms. The molecular formula is C17H24ClN3. The van der Waals surface area contributed by atoms with Gasteiger partial charge in [-0.3, -0.25) is 9.88 Å². The molecular weight excluding hydrogens is 282 g/mol. The number of rotatable bonds is 2. The first-order chi connectivity index (χ1) is 9.54. The fourth-order valence-corrected chi connectivity index (χ4v) is 3.10. The van der Waals surface area contributed by atoms with Crippen LogP contribution in [0.4, 0.5) is 0 Å². The summed E-state index contributed by atoms with van der Waals surface area (Å²) in [6, 6.07) is 11.0. The summed E-state index contributed by atoms with van der Waals surface area (Å²) in [4.78, 5) is 6.89. The van der Waals surface area contributed by atoms with Gasteiger partial charge in [0, 0.05) is 37.3 Å². The molecule has 3 nitrogen and oxygen atoms in total. The summed E-state index contributed by atoms with van der Waals surface area (Å²) in [5, 5.41) is 1.22. The predicted molar refractivity (Wildman–Crippen MR) is 90.6 cm³/mol. The van der Waals surface area contributed by atoms with E-state index >= 15 is 0 Å². The summed E-state index contributed by atoms with van der Waals surface area (Å²) in [5.41, 5.74) is 8.84. The van der Waals surface area contributed by atoms with Crippen molar-refractivity contribution < 1.29 is 0 Å². The normalized spacial score (nSPS) is 22.0. The molecule has 1 aliphatic heterocycles. The number of nitrogens with two attached hydrogens (primary N) is 1. The Morgan fingerprint density at radius 3 is 2.90 bits per heavy atom. The van der Waals surface area contributed by atoms with Crippen LogP contribution in [-0.2, 0) is 6.54 Å². The summed E-state index contributed by atoms with van der Waals surface area (Å²) in [7, 11) is 0. The Balaban J connectivity index is 0.00000161. The van der Waals surface area contributed by atoms with Crippen LogP contribution >= 0.6 is 12.4 Å². The second kappa shape index (κ2) is 6.30. The molecule has 0 aliphatic carbocycles. The highest BCUT2D eigenvalue weighted by Gasteiger charge is 2.33. The van der Waals surface area contributed by atoms with Crippen LogP contribution in [0.2, 0.25) is 0 Å². The molecule has 0 radical (unpaired) electrons. The molecule has 1 saturated heterocycles. The van der Waals surface area contributed by atoms with Gasteiger partial charge in [-0.05, 0) is 35.6 Å². The van der Waals surface area contributed by atoms with Gasteiger partial charge in [-0.15, -0.1) is 12.4 Å². The van der Waals surface area contributed by atoms with Crippen LogP contribution in [-0.4, -0.2) is 29.0 Å². The Bertz CT molecular complexity index is 612. The fourth-order valence-electron chi connectivity index (χ4n) is 3.10. The van der Waals surface area contributed by atoms with Crippen molar-refractivity contribution >= 4 is 23.3 Å². The maximum absolute atomic E-state index is 6.21. The minimum Gasteiger partial charge on any atom is -0.327 e. The maximum atomic E-state index is 6.21. The van der Waals surface area contributed by atoms with Gasteiger partial charge in [0.15, 0.2) is 0 Å². The third-order valence-corrected chi connectivity index (χ3v) is 4.46. The lowest BCUT2D eigenvalue weighted by atomic mass is 9.79. The van der Waals surface area contributed by atoms with Gasteiger partial charge in [-0.1, -0.05) is 26.0 Å². The van der Waals surface area contributed by atoms with Gasteiger partial charge in [0.1, 0.15) is 0 Å². The standard InChI is InChI=1S/C17H23N3.ClH/c1-17(2)12-20(9-7-16(17)18)11-13-5-6-15-14(10-13)4-3-8-19-15;/h3-6,8,10,16H,7,9,11-12,18H2,1-2H3;1H. The number of aromatic nitrogens is 1. The van der Waals surface area contributed by atoms with E-state index in [0.717, 1.165) is 31.6 Å². The molecule has 0 amide bonds. The molecule has 1 atom stereocenters. The van der Waals surface area contributed by atoms with Crippen molar-refractivity contribution in [3.8, 4) is 0 Å². The van der Waals surface area contributed by atoms with Crippen molar-refractivity contribution in [1.29, 1.82) is 0 Å². The molecule has 1 fully saturated rings. The third-order valence-electron chi connectivity index (χ3n) is 4.46. The molecule has 1 unspecified atom stereocenters. The Morgan fingerprint density at radius 2 is 2.14 bits per heavy atom. The number of halogens is 1. The SMILES string of the molecule is CC1(C)CN(Cc2ccc3ncccc3c2)CCC1N.Cl. The fraction of sp³-hybridized carbons (Fsp3) is 0.471.